The first-order valence-corrected chi connectivity index (χ1v) is 8.83. The number of carboxylic acid groups (broad SMARTS) is 2. The van der Waals surface area contributed by atoms with Gasteiger partial charge >= 0.3 is 11.9 Å². The number of nitrogens with two attached hydrogens (primary N) is 2. The maximum atomic E-state index is 12.4. The van der Waals surface area contributed by atoms with Crippen molar-refractivity contribution in [3.63, 3.8) is 0 Å². The summed E-state index contributed by atoms with van der Waals surface area (Å²) in [5.41, 5.74) is 10.6. The first-order valence-electron chi connectivity index (χ1n) is 8.83. The van der Waals surface area contributed by atoms with E-state index in [0.717, 1.165) is 6.92 Å². The number of aliphatic hydroxyl groups is 1. The Bertz CT molecular complexity index is 682. The van der Waals surface area contributed by atoms with Crippen LogP contribution >= 0.6 is 0 Å². The first-order chi connectivity index (χ1) is 13.8. The Morgan fingerprint density at radius 2 is 1.47 bits per heavy atom. The zero-order chi connectivity index (χ0) is 23.6. The van der Waals surface area contributed by atoms with Gasteiger partial charge in [0.1, 0.15) is 12.1 Å². The molecule has 5 atom stereocenters. The fraction of sp³-hybridized carbons (Fsp3) is 0.625. The van der Waals surface area contributed by atoms with E-state index in [0.29, 0.717) is 0 Å². The Kier molecular flexibility index (Phi) is 11.0. The smallest absolute Gasteiger partial charge is 0.328 e. The Hall–Kier alpha value is -3.26. The number of carboxylic acids is 2. The third kappa shape index (κ3) is 9.79. The topological polar surface area (TPSA) is 251 Å². The minimum absolute atomic E-state index is 0.221. The highest BCUT2D eigenvalue weighted by Gasteiger charge is 2.30. The fourth-order valence-corrected chi connectivity index (χ4v) is 2.15. The number of hydrogen-bond donors (Lipinski definition) is 8. The number of rotatable bonds is 13. The van der Waals surface area contributed by atoms with E-state index in [1.165, 1.54) is 6.92 Å². The highest BCUT2D eigenvalue weighted by atomic mass is 16.4. The third-order valence-electron chi connectivity index (χ3n) is 3.84. The minimum atomic E-state index is -1.62. The summed E-state index contributed by atoms with van der Waals surface area (Å²) >= 11 is 0. The molecule has 0 radical (unpaired) electrons. The number of aliphatic carboxylic acids is 2. The van der Waals surface area contributed by atoms with Crippen LogP contribution in [0.1, 0.15) is 33.1 Å². The molecule has 14 nitrogen and oxygen atoms in total. The second-order valence-corrected chi connectivity index (χ2v) is 6.57. The van der Waals surface area contributed by atoms with Crippen molar-refractivity contribution in [1.82, 2.24) is 16.0 Å². The van der Waals surface area contributed by atoms with E-state index >= 15 is 0 Å². The Morgan fingerprint density at radius 1 is 0.900 bits per heavy atom. The number of nitrogens with one attached hydrogen (secondary N) is 3. The first kappa shape index (κ1) is 26.7. The molecule has 30 heavy (non-hydrogen) atoms. The molecular formula is C16H27N5O9. The lowest BCUT2D eigenvalue weighted by molar-refractivity contribution is -0.145. The van der Waals surface area contributed by atoms with Crippen LogP contribution in [0.5, 0.6) is 0 Å². The molecule has 0 aromatic heterocycles. The van der Waals surface area contributed by atoms with E-state index < -0.39 is 78.7 Å². The normalized spacial score (nSPS) is 15.6. The number of aliphatic hydroxyl groups excluding tert-OH is 1. The van der Waals surface area contributed by atoms with Crippen molar-refractivity contribution in [2.24, 2.45) is 11.5 Å². The van der Waals surface area contributed by atoms with E-state index in [1.54, 1.807) is 0 Å². The predicted molar refractivity (Wildman–Crippen MR) is 99.4 cm³/mol. The van der Waals surface area contributed by atoms with Gasteiger partial charge in [0, 0.05) is 6.42 Å². The predicted octanol–water partition coefficient (Wildman–Crippen LogP) is -4.01. The molecule has 0 saturated carbocycles. The molecule has 0 fully saturated rings. The zero-order valence-corrected chi connectivity index (χ0v) is 16.5. The van der Waals surface area contributed by atoms with Gasteiger partial charge in [0.15, 0.2) is 6.04 Å². The van der Waals surface area contributed by atoms with E-state index in [9.17, 15) is 33.9 Å². The number of primary amides is 1. The molecular weight excluding hydrogens is 406 g/mol. The number of amides is 4. The quantitative estimate of drug-likeness (QED) is 0.140. The molecule has 0 aromatic carbocycles. The molecule has 0 spiro atoms. The lowest BCUT2D eigenvalue weighted by atomic mass is 10.1. The van der Waals surface area contributed by atoms with Crippen molar-refractivity contribution in [1.29, 1.82) is 0 Å². The van der Waals surface area contributed by atoms with Gasteiger partial charge in [0.2, 0.25) is 23.6 Å². The van der Waals surface area contributed by atoms with E-state index in [-0.39, 0.29) is 6.42 Å². The highest BCUT2D eigenvalue weighted by molar-refractivity contribution is 5.96. The summed E-state index contributed by atoms with van der Waals surface area (Å²) in [7, 11) is 0. The molecule has 5 unspecified atom stereocenters. The van der Waals surface area contributed by atoms with Crippen molar-refractivity contribution in [3.8, 4) is 0 Å². The standard InChI is InChI=1S/C16H27N5O9/c1-6(13(26)21-12(7(2)22)16(29)30)19-15(28)9(5-10(18)23)20-14(27)8(17)3-4-11(24)25/h6-9,12,22H,3-5,17H2,1-2H3,(H2,18,23)(H,19,28)(H,20,27)(H,21,26)(H,24,25)(H,29,30). The van der Waals surface area contributed by atoms with Crippen LogP contribution in [-0.4, -0.2) is 81.2 Å². The summed E-state index contributed by atoms with van der Waals surface area (Å²) in [6.45, 7) is 2.35. The van der Waals surface area contributed by atoms with E-state index in [1.807, 2.05) is 5.32 Å². The van der Waals surface area contributed by atoms with Crippen LogP contribution in [0.3, 0.4) is 0 Å². The van der Waals surface area contributed by atoms with Crippen LogP contribution in [0.25, 0.3) is 0 Å². The van der Waals surface area contributed by atoms with Crippen LogP contribution in [0.4, 0.5) is 0 Å². The van der Waals surface area contributed by atoms with Crippen LogP contribution in [-0.2, 0) is 28.8 Å². The van der Waals surface area contributed by atoms with Crippen molar-refractivity contribution in [2.75, 3.05) is 0 Å². The van der Waals surface area contributed by atoms with Crippen molar-refractivity contribution in [2.45, 2.75) is 63.4 Å². The number of hydrogen-bond acceptors (Lipinski definition) is 8. The minimum Gasteiger partial charge on any atom is -0.481 e. The molecule has 0 aliphatic rings. The van der Waals surface area contributed by atoms with Crippen molar-refractivity contribution < 1.29 is 44.1 Å². The van der Waals surface area contributed by atoms with Crippen LogP contribution < -0.4 is 27.4 Å². The Labute approximate surface area is 171 Å². The van der Waals surface area contributed by atoms with Crippen LogP contribution in [0.2, 0.25) is 0 Å². The van der Waals surface area contributed by atoms with Gasteiger partial charge < -0.3 is 42.7 Å². The van der Waals surface area contributed by atoms with Gasteiger partial charge in [-0.1, -0.05) is 0 Å². The molecule has 14 heteroatoms. The molecule has 0 heterocycles. The van der Waals surface area contributed by atoms with Gasteiger partial charge in [-0.15, -0.1) is 0 Å². The summed E-state index contributed by atoms with van der Waals surface area (Å²) < 4.78 is 0. The Balaban J connectivity index is 5.07. The maximum absolute atomic E-state index is 12.4. The summed E-state index contributed by atoms with van der Waals surface area (Å²) in [6, 6.07) is -5.70. The highest BCUT2D eigenvalue weighted by Crippen LogP contribution is 2.00. The van der Waals surface area contributed by atoms with Gasteiger partial charge in [-0.3, -0.25) is 24.0 Å². The number of carbonyl (C=O) groups is 6. The SMILES string of the molecule is CC(NC(=O)C(CC(N)=O)NC(=O)C(N)CCC(=O)O)C(=O)NC(C(=O)O)C(C)O. The zero-order valence-electron chi connectivity index (χ0n) is 16.5. The van der Waals surface area contributed by atoms with Crippen molar-refractivity contribution in [3.05, 3.63) is 0 Å². The van der Waals surface area contributed by atoms with Crippen LogP contribution in [0, 0.1) is 0 Å². The second kappa shape index (κ2) is 12.3. The van der Waals surface area contributed by atoms with Crippen molar-refractivity contribution >= 4 is 35.6 Å². The molecule has 10 N–H and O–H groups in total. The lowest BCUT2D eigenvalue weighted by Gasteiger charge is -2.23. The van der Waals surface area contributed by atoms with Crippen LogP contribution in [0.15, 0.2) is 0 Å². The molecule has 0 aliphatic heterocycles. The van der Waals surface area contributed by atoms with Gasteiger partial charge in [0.05, 0.1) is 18.6 Å². The Morgan fingerprint density at radius 3 is 1.90 bits per heavy atom. The molecule has 0 saturated heterocycles. The molecule has 0 aliphatic carbocycles. The number of carbonyl (C=O) groups excluding carboxylic acids is 4. The lowest BCUT2D eigenvalue weighted by Crippen LogP contribution is -2.58. The molecule has 4 amide bonds. The van der Waals surface area contributed by atoms with Gasteiger partial charge in [-0.25, -0.2) is 4.79 Å². The summed E-state index contributed by atoms with van der Waals surface area (Å²) in [6.07, 6.45) is -2.67. The monoisotopic (exact) mass is 433 g/mol. The molecule has 170 valence electrons. The van der Waals surface area contributed by atoms with Gasteiger partial charge in [-0.05, 0) is 20.3 Å². The third-order valence-corrected chi connectivity index (χ3v) is 3.84. The second-order valence-electron chi connectivity index (χ2n) is 6.57. The maximum Gasteiger partial charge on any atom is 0.328 e. The summed E-state index contributed by atoms with van der Waals surface area (Å²) in [4.78, 5) is 69.2. The average molecular weight is 433 g/mol. The van der Waals surface area contributed by atoms with Gasteiger partial charge in [-0.2, -0.15) is 0 Å². The summed E-state index contributed by atoms with van der Waals surface area (Å²) in [5, 5.41) is 33.3. The van der Waals surface area contributed by atoms with E-state index in [2.05, 4.69) is 10.6 Å². The summed E-state index contributed by atoms with van der Waals surface area (Å²) in [5.74, 6) is -6.47. The average Bonchev–Trinajstić information content (AvgIpc) is 2.61. The van der Waals surface area contributed by atoms with E-state index in [4.69, 9.17) is 21.7 Å². The molecule has 0 aromatic rings. The molecule has 0 bridgehead atoms. The molecule has 0 rings (SSSR count). The fourth-order valence-electron chi connectivity index (χ4n) is 2.15. The van der Waals surface area contributed by atoms with Gasteiger partial charge in [0.25, 0.3) is 0 Å². The largest absolute Gasteiger partial charge is 0.481 e.